The average molecular weight is 653 g/mol. The first-order chi connectivity index (χ1) is 23.7. The highest BCUT2D eigenvalue weighted by atomic mass is 13.9. The van der Waals surface area contributed by atoms with Gasteiger partial charge in [-0.15, -0.1) is 0 Å². The van der Waals surface area contributed by atoms with E-state index in [-0.39, 0.29) is 0 Å². The highest BCUT2D eigenvalue weighted by molar-refractivity contribution is 5.16. The van der Waals surface area contributed by atoms with Crippen molar-refractivity contribution < 1.29 is 0 Å². The Morgan fingerprint density at radius 2 is 0.312 bits per heavy atom. The van der Waals surface area contributed by atoms with Gasteiger partial charge in [0.05, 0.1) is 0 Å². The van der Waals surface area contributed by atoms with Gasteiger partial charge in [0.25, 0.3) is 0 Å². The molecule has 0 N–H and O–H groups in total. The zero-order valence-electron chi connectivity index (χ0n) is 33.8. The minimum absolute atomic E-state index is 1.14. The van der Waals surface area contributed by atoms with Gasteiger partial charge in [-0.2, -0.15) is 0 Å². The fraction of sp³-hybridized carbons (Fsp3) is 0.375. The molecule has 48 heavy (non-hydrogen) atoms. The number of hydrogen-bond donors (Lipinski definition) is 0. The summed E-state index contributed by atoms with van der Waals surface area (Å²) in [5, 5.41) is 0. The molecule has 0 radical (unpaired) electrons. The molecule has 0 bridgehead atoms. The summed E-state index contributed by atoms with van der Waals surface area (Å²) in [6.07, 6.45) is 4.56. The van der Waals surface area contributed by atoms with Crippen molar-refractivity contribution >= 4 is 0 Å². The molecule has 0 heterocycles. The molecule has 0 spiro atoms. The summed E-state index contributed by atoms with van der Waals surface area (Å²) in [7, 11) is 0. The third kappa shape index (κ3) is 40.1. The van der Waals surface area contributed by atoms with Crippen molar-refractivity contribution in [1.29, 1.82) is 0 Å². The van der Waals surface area contributed by atoms with Crippen LogP contribution in [0.3, 0.4) is 0 Å². The third-order valence-electron chi connectivity index (χ3n) is 5.67. The van der Waals surface area contributed by atoms with Crippen LogP contribution in [-0.4, -0.2) is 0 Å². The van der Waals surface area contributed by atoms with E-state index in [9.17, 15) is 0 Å². The van der Waals surface area contributed by atoms with E-state index >= 15 is 0 Å². The molecular formula is C48H76. The maximum Gasteiger partial charge on any atom is -0.0307 e. The van der Waals surface area contributed by atoms with E-state index in [1.807, 2.05) is 130 Å². The van der Waals surface area contributed by atoms with Crippen LogP contribution in [-0.2, 0) is 25.7 Å². The van der Waals surface area contributed by atoms with Gasteiger partial charge >= 0.3 is 0 Å². The molecular weight excluding hydrogens is 577 g/mol. The van der Waals surface area contributed by atoms with E-state index in [1.165, 1.54) is 22.3 Å². The minimum atomic E-state index is 1.14. The molecule has 0 aromatic heterocycles. The van der Waals surface area contributed by atoms with E-state index in [2.05, 4.69) is 125 Å². The molecule has 0 fully saturated rings. The summed E-state index contributed by atoms with van der Waals surface area (Å²) in [5.74, 6) is 0. The molecule has 5 aromatic carbocycles. The number of rotatable bonds is 4. The van der Waals surface area contributed by atoms with Crippen LogP contribution in [0.1, 0.15) is 119 Å². The summed E-state index contributed by atoms with van der Waals surface area (Å²) in [4.78, 5) is 0. The maximum atomic E-state index is 2.16. The van der Waals surface area contributed by atoms with Crippen molar-refractivity contribution in [1.82, 2.24) is 0 Å². The van der Waals surface area contributed by atoms with Gasteiger partial charge in [-0.05, 0) is 47.9 Å². The Labute approximate surface area is 301 Å². The average Bonchev–Trinajstić information content (AvgIpc) is 3.24. The number of benzene rings is 5. The Bertz CT molecular complexity index is 918. The second-order valence-electron chi connectivity index (χ2n) is 8.51. The summed E-state index contributed by atoms with van der Waals surface area (Å²) < 4.78 is 0. The predicted octanol–water partition coefficient (Wildman–Crippen LogP) is 15.8. The van der Waals surface area contributed by atoms with E-state index in [0.717, 1.165) is 25.7 Å². The maximum absolute atomic E-state index is 2.16. The fourth-order valence-electron chi connectivity index (χ4n) is 3.24. The Morgan fingerprint density at radius 1 is 0.208 bits per heavy atom. The first-order valence-corrected chi connectivity index (χ1v) is 18.9. The van der Waals surface area contributed by atoms with Crippen LogP contribution in [0.4, 0.5) is 0 Å². The lowest BCUT2D eigenvalue weighted by Crippen LogP contribution is -1.73. The van der Waals surface area contributed by atoms with Crippen LogP contribution in [0.5, 0.6) is 0 Å². The highest BCUT2D eigenvalue weighted by Crippen LogP contribution is 1.99. The largest absolute Gasteiger partial charge is 0.0683 e. The Hall–Kier alpha value is -3.90. The standard InChI is InChI=1S/4C8H10.C6H6.5C2H6/c4*1-2-8-6-4-3-5-7-8;1-2-4-6-5-3-1;5*1-2/h4*3-7H,2H2,1H3;1-6H;5*1-2H3. The molecule has 0 unspecified atom stereocenters. The van der Waals surface area contributed by atoms with Crippen molar-refractivity contribution in [3.05, 3.63) is 180 Å². The van der Waals surface area contributed by atoms with Crippen molar-refractivity contribution in [2.24, 2.45) is 0 Å². The second-order valence-corrected chi connectivity index (χ2v) is 8.51. The first-order valence-electron chi connectivity index (χ1n) is 18.9. The van der Waals surface area contributed by atoms with Crippen molar-refractivity contribution in [3.63, 3.8) is 0 Å². The first kappa shape index (κ1) is 53.6. The van der Waals surface area contributed by atoms with Crippen LogP contribution in [0.15, 0.2) is 158 Å². The lowest BCUT2D eigenvalue weighted by molar-refractivity contribution is 1.14. The van der Waals surface area contributed by atoms with Crippen LogP contribution >= 0.6 is 0 Å². The van der Waals surface area contributed by atoms with E-state index in [0.29, 0.717) is 0 Å². The highest BCUT2D eigenvalue weighted by Gasteiger charge is 1.82. The molecule has 0 atom stereocenters. The number of aryl methyl sites for hydroxylation is 4. The molecule has 5 aromatic rings. The van der Waals surface area contributed by atoms with Gasteiger partial charge in [0.1, 0.15) is 0 Å². The molecule has 0 saturated carbocycles. The zero-order valence-corrected chi connectivity index (χ0v) is 33.8. The predicted molar refractivity (Wildman–Crippen MR) is 226 cm³/mol. The van der Waals surface area contributed by atoms with Crippen LogP contribution < -0.4 is 0 Å². The second kappa shape index (κ2) is 52.6. The lowest BCUT2D eigenvalue weighted by atomic mass is 10.2. The van der Waals surface area contributed by atoms with E-state index < -0.39 is 0 Å². The molecule has 0 aliphatic rings. The smallest absolute Gasteiger partial charge is 0.0307 e. The molecule has 0 aliphatic carbocycles. The summed E-state index contributed by atoms with van der Waals surface area (Å²) >= 11 is 0. The SMILES string of the molecule is CC.CC.CC.CC.CC.CCc1ccccc1.CCc1ccccc1.CCc1ccccc1.CCc1ccccc1.c1ccccc1. The Kier molecular flexibility index (Phi) is 58.7. The number of hydrogen-bond acceptors (Lipinski definition) is 0. The quantitative estimate of drug-likeness (QED) is 0.181. The summed E-state index contributed by atoms with van der Waals surface area (Å²) in [6.45, 7) is 28.6. The molecule has 0 heteroatoms. The molecule has 268 valence electrons. The molecule has 0 amide bonds. The van der Waals surface area contributed by atoms with E-state index in [1.54, 1.807) is 0 Å². The minimum Gasteiger partial charge on any atom is -0.0683 e. The molecule has 0 aliphatic heterocycles. The van der Waals surface area contributed by atoms with Gasteiger partial charge in [0.15, 0.2) is 0 Å². The van der Waals surface area contributed by atoms with Gasteiger partial charge in [0, 0.05) is 0 Å². The van der Waals surface area contributed by atoms with Gasteiger partial charge in [-0.25, -0.2) is 0 Å². The van der Waals surface area contributed by atoms with Crippen LogP contribution in [0.2, 0.25) is 0 Å². The van der Waals surface area contributed by atoms with Crippen molar-refractivity contribution in [3.8, 4) is 0 Å². The van der Waals surface area contributed by atoms with Gasteiger partial charge in [-0.3, -0.25) is 0 Å². The van der Waals surface area contributed by atoms with Gasteiger partial charge in [0.2, 0.25) is 0 Å². The van der Waals surface area contributed by atoms with Crippen LogP contribution in [0, 0.1) is 0 Å². The topological polar surface area (TPSA) is 0 Å². The van der Waals surface area contributed by atoms with Crippen molar-refractivity contribution in [2.75, 3.05) is 0 Å². The zero-order chi connectivity index (χ0) is 37.5. The Balaban J connectivity index is -0.000000151. The van der Waals surface area contributed by atoms with Crippen LogP contribution in [0.25, 0.3) is 0 Å². The lowest BCUT2D eigenvalue weighted by Gasteiger charge is -1.89. The Morgan fingerprint density at radius 3 is 0.396 bits per heavy atom. The molecule has 0 saturated heterocycles. The molecule has 5 rings (SSSR count). The van der Waals surface area contributed by atoms with Gasteiger partial charge < -0.3 is 0 Å². The fourth-order valence-corrected chi connectivity index (χ4v) is 3.24. The third-order valence-corrected chi connectivity index (χ3v) is 5.67. The summed E-state index contributed by atoms with van der Waals surface area (Å²) in [6, 6.07) is 53.8. The summed E-state index contributed by atoms with van der Waals surface area (Å²) in [5.41, 5.74) is 5.64. The molecule has 0 nitrogen and oxygen atoms in total. The van der Waals surface area contributed by atoms with Gasteiger partial charge in [-0.1, -0.05) is 255 Å². The van der Waals surface area contributed by atoms with Crippen molar-refractivity contribution in [2.45, 2.75) is 123 Å². The monoisotopic (exact) mass is 653 g/mol. The van der Waals surface area contributed by atoms with E-state index in [4.69, 9.17) is 0 Å². The normalized spacial score (nSPS) is 7.71.